The maximum atomic E-state index is 12.3. The molecular formula is C25H24N8O. The zero-order valence-electron chi connectivity index (χ0n) is 19.4. The average molecular weight is 453 g/mol. The van der Waals surface area contributed by atoms with E-state index in [1.54, 1.807) is 13.3 Å². The minimum absolute atomic E-state index is 0.0388. The smallest absolute Gasteiger partial charge is 0.161 e. The summed E-state index contributed by atoms with van der Waals surface area (Å²) in [6.07, 6.45) is 3.67. The number of imidazole rings is 1. The number of benzene rings is 1. The molecule has 0 saturated carbocycles. The number of nitrogens with one attached hydrogen (secondary N) is 1. The van der Waals surface area contributed by atoms with Gasteiger partial charge in [0.25, 0.3) is 0 Å². The van der Waals surface area contributed by atoms with E-state index in [1.807, 2.05) is 78.7 Å². The van der Waals surface area contributed by atoms with Gasteiger partial charge >= 0.3 is 0 Å². The molecule has 0 radical (unpaired) electrons. The summed E-state index contributed by atoms with van der Waals surface area (Å²) >= 11 is 0. The molecule has 1 N–H and O–H groups in total. The Hall–Kier alpha value is -4.40. The third-order valence-electron chi connectivity index (χ3n) is 5.65. The molecule has 9 heteroatoms. The van der Waals surface area contributed by atoms with Crippen LogP contribution in [0.25, 0.3) is 28.1 Å². The fourth-order valence-electron chi connectivity index (χ4n) is 3.87. The summed E-state index contributed by atoms with van der Waals surface area (Å²) in [5.41, 5.74) is 6.30. The van der Waals surface area contributed by atoms with Crippen LogP contribution in [0.4, 0.5) is 11.5 Å². The van der Waals surface area contributed by atoms with Gasteiger partial charge in [-0.3, -0.25) is 14.0 Å². The van der Waals surface area contributed by atoms with Crippen molar-refractivity contribution in [1.29, 1.82) is 0 Å². The van der Waals surface area contributed by atoms with Gasteiger partial charge < -0.3 is 5.32 Å². The van der Waals surface area contributed by atoms with Gasteiger partial charge in [-0.15, -0.1) is 5.10 Å². The number of hydrogen-bond acceptors (Lipinski definition) is 7. The molecule has 0 bridgehead atoms. The van der Waals surface area contributed by atoms with Gasteiger partial charge in [-0.05, 0) is 70.2 Å². The number of nitrogens with zero attached hydrogens (tertiary/aromatic N) is 7. The molecule has 0 saturated heterocycles. The highest BCUT2D eigenvalue weighted by Gasteiger charge is 2.18. The van der Waals surface area contributed by atoms with Crippen molar-refractivity contribution in [3.05, 3.63) is 71.9 Å². The lowest BCUT2D eigenvalue weighted by molar-refractivity contribution is 0.101. The van der Waals surface area contributed by atoms with Gasteiger partial charge in [0.05, 0.1) is 28.1 Å². The summed E-state index contributed by atoms with van der Waals surface area (Å²) in [4.78, 5) is 21.8. The molecule has 0 atom stereocenters. The first-order valence-corrected chi connectivity index (χ1v) is 11.0. The lowest BCUT2D eigenvalue weighted by Gasteiger charge is -2.10. The molecule has 4 aromatic heterocycles. The monoisotopic (exact) mass is 452 g/mol. The van der Waals surface area contributed by atoms with Crippen LogP contribution in [0.2, 0.25) is 0 Å². The van der Waals surface area contributed by atoms with Gasteiger partial charge in [0.2, 0.25) is 0 Å². The normalized spacial score (nSPS) is 11.2. The Balaban J connectivity index is 1.55. The first-order chi connectivity index (χ1) is 16.4. The van der Waals surface area contributed by atoms with E-state index >= 15 is 0 Å². The first-order valence-electron chi connectivity index (χ1n) is 11.0. The van der Waals surface area contributed by atoms with Crippen molar-refractivity contribution >= 4 is 28.3 Å². The predicted molar refractivity (Wildman–Crippen MR) is 131 cm³/mol. The van der Waals surface area contributed by atoms with Crippen LogP contribution >= 0.6 is 0 Å². The molecule has 9 nitrogen and oxygen atoms in total. The van der Waals surface area contributed by atoms with Gasteiger partial charge in [-0.25, -0.2) is 9.97 Å². The zero-order valence-corrected chi connectivity index (χ0v) is 19.4. The van der Waals surface area contributed by atoms with E-state index in [0.29, 0.717) is 22.9 Å². The molecule has 0 aliphatic carbocycles. The van der Waals surface area contributed by atoms with E-state index in [2.05, 4.69) is 25.6 Å². The molecule has 34 heavy (non-hydrogen) atoms. The van der Waals surface area contributed by atoms with Crippen LogP contribution in [0.5, 0.6) is 0 Å². The number of anilines is 2. The Morgan fingerprint density at radius 3 is 2.62 bits per heavy atom. The molecular weight excluding hydrogens is 428 g/mol. The van der Waals surface area contributed by atoms with Crippen molar-refractivity contribution in [2.75, 3.05) is 5.32 Å². The van der Waals surface area contributed by atoms with Crippen LogP contribution in [0.15, 0.2) is 55.0 Å². The molecule has 0 unspecified atom stereocenters. The Morgan fingerprint density at radius 2 is 1.91 bits per heavy atom. The van der Waals surface area contributed by atoms with E-state index in [9.17, 15) is 4.79 Å². The zero-order chi connectivity index (χ0) is 23.8. The lowest BCUT2D eigenvalue weighted by atomic mass is 10.0. The second-order valence-corrected chi connectivity index (χ2v) is 8.11. The van der Waals surface area contributed by atoms with E-state index < -0.39 is 0 Å². The van der Waals surface area contributed by atoms with Crippen molar-refractivity contribution in [2.45, 2.75) is 34.2 Å². The maximum absolute atomic E-state index is 12.3. The van der Waals surface area contributed by atoms with Gasteiger partial charge in [-0.1, -0.05) is 0 Å². The fraction of sp³-hybridized carbons (Fsp3) is 0.200. The van der Waals surface area contributed by atoms with Crippen molar-refractivity contribution in [3.63, 3.8) is 0 Å². The number of hydrogen-bond donors (Lipinski definition) is 1. The summed E-state index contributed by atoms with van der Waals surface area (Å²) < 4.78 is 3.76. The molecule has 0 aliphatic rings. The van der Waals surface area contributed by atoms with Gasteiger partial charge in [0, 0.05) is 29.6 Å². The highest BCUT2D eigenvalue weighted by molar-refractivity contribution is 6.00. The number of Topliss-reactive ketones (excluding diaryl/α,β-unsaturated/α-hetero) is 1. The number of carbonyl (C=O) groups is 1. The number of rotatable bonds is 6. The van der Waals surface area contributed by atoms with E-state index in [1.165, 1.54) is 0 Å². The van der Waals surface area contributed by atoms with Crippen molar-refractivity contribution in [2.24, 2.45) is 0 Å². The number of pyridine rings is 1. The maximum Gasteiger partial charge on any atom is 0.161 e. The molecule has 4 heterocycles. The van der Waals surface area contributed by atoms with Gasteiger partial charge in [-0.2, -0.15) is 10.2 Å². The minimum atomic E-state index is -0.0388. The molecule has 0 spiro atoms. The third-order valence-corrected chi connectivity index (χ3v) is 5.65. The van der Waals surface area contributed by atoms with E-state index in [4.69, 9.17) is 4.98 Å². The van der Waals surface area contributed by atoms with Gasteiger partial charge in [0.1, 0.15) is 12.1 Å². The van der Waals surface area contributed by atoms with Crippen LogP contribution in [0.1, 0.15) is 35.6 Å². The molecule has 0 aliphatic heterocycles. The van der Waals surface area contributed by atoms with Crippen LogP contribution in [-0.4, -0.2) is 40.3 Å². The highest BCUT2D eigenvalue weighted by atomic mass is 16.1. The van der Waals surface area contributed by atoms with Crippen LogP contribution in [0, 0.1) is 13.8 Å². The van der Waals surface area contributed by atoms with E-state index in [0.717, 1.165) is 40.2 Å². The number of ketones is 1. The molecule has 0 amide bonds. The lowest BCUT2D eigenvalue weighted by Crippen LogP contribution is -2.04. The van der Waals surface area contributed by atoms with Gasteiger partial charge in [0.15, 0.2) is 11.6 Å². The van der Waals surface area contributed by atoms with Crippen LogP contribution < -0.4 is 5.32 Å². The second kappa shape index (κ2) is 8.51. The molecule has 0 fully saturated rings. The SMILES string of the molecule is CCn1cc(-c2nc(-n3cnc4cc(Nc5ccc(C)nn5)ccc43)ccc2C(C)=O)c(C)n1. The summed E-state index contributed by atoms with van der Waals surface area (Å²) in [7, 11) is 0. The Morgan fingerprint density at radius 1 is 1.06 bits per heavy atom. The molecule has 5 rings (SSSR count). The summed E-state index contributed by atoms with van der Waals surface area (Å²) in [5.74, 6) is 1.30. The summed E-state index contributed by atoms with van der Waals surface area (Å²) in [6, 6.07) is 13.3. The summed E-state index contributed by atoms with van der Waals surface area (Å²) in [5, 5.41) is 16.0. The second-order valence-electron chi connectivity index (χ2n) is 8.11. The van der Waals surface area contributed by atoms with Crippen molar-refractivity contribution in [1.82, 2.24) is 34.5 Å². The number of carbonyl (C=O) groups excluding carboxylic acids is 1. The largest absolute Gasteiger partial charge is 0.339 e. The quantitative estimate of drug-likeness (QED) is 0.374. The minimum Gasteiger partial charge on any atom is -0.339 e. The predicted octanol–water partition coefficient (Wildman–Crippen LogP) is 4.66. The van der Waals surface area contributed by atoms with Crippen LogP contribution in [0.3, 0.4) is 0 Å². The Bertz CT molecular complexity index is 1510. The number of aryl methyl sites for hydroxylation is 3. The fourth-order valence-corrected chi connectivity index (χ4v) is 3.87. The van der Waals surface area contributed by atoms with Crippen molar-refractivity contribution in [3.8, 4) is 17.1 Å². The third kappa shape index (κ3) is 3.92. The van der Waals surface area contributed by atoms with Crippen LogP contribution in [-0.2, 0) is 6.54 Å². The molecule has 170 valence electrons. The Kier molecular flexibility index (Phi) is 5.37. The van der Waals surface area contributed by atoms with E-state index in [-0.39, 0.29) is 5.78 Å². The molecule has 5 aromatic rings. The van der Waals surface area contributed by atoms with Crippen molar-refractivity contribution < 1.29 is 4.79 Å². The Labute approximate surface area is 196 Å². The topological polar surface area (TPSA) is 103 Å². The molecule has 1 aromatic carbocycles. The first kappa shape index (κ1) is 21.4. The summed E-state index contributed by atoms with van der Waals surface area (Å²) in [6.45, 7) is 8.15. The standard InChI is InChI=1S/C25H24N8O/c1-5-32-13-20(16(3)31-32)25-19(17(4)34)8-11-24(28-25)33-14-26-21-12-18(7-9-22(21)33)27-23-10-6-15(2)29-30-23/h6-14H,5H2,1-4H3,(H,27,30). The average Bonchev–Trinajstić information content (AvgIpc) is 3.43. The number of aromatic nitrogens is 7. The highest BCUT2D eigenvalue weighted by Crippen LogP contribution is 2.28. The number of fused-ring (bicyclic) bond motifs is 1.